The number of nitrogens with zero attached hydrogens (tertiary/aromatic N) is 1. The lowest BCUT2D eigenvalue weighted by Crippen LogP contribution is -2.39. The zero-order valence-electron chi connectivity index (χ0n) is 10.4. The smallest absolute Gasteiger partial charge is 0.270 e. The van der Waals surface area contributed by atoms with Crippen LogP contribution in [0.4, 0.5) is 0 Å². The maximum atomic E-state index is 12.0. The van der Waals surface area contributed by atoms with Crippen molar-refractivity contribution in [3.8, 4) is 0 Å². The Bertz CT molecular complexity index is 427. The molecule has 1 saturated carbocycles. The maximum Gasteiger partial charge on any atom is 0.270 e. The van der Waals surface area contributed by atoms with Crippen LogP contribution in [0.15, 0.2) is 18.2 Å². The second-order valence-electron chi connectivity index (χ2n) is 4.54. The number of halogens is 1. The Kier molecular flexibility index (Phi) is 4.89. The second kappa shape index (κ2) is 6.43. The van der Waals surface area contributed by atoms with Crippen LogP contribution in [0.25, 0.3) is 0 Å². The van der Waals surface area contributed by atoms with Crippen molar-refractivity contribution in [2.75, 3.05) is 6.26 Å². The van der Waals surface area contributed by atoms with Gasteiger partial charge in [-0.15, -0.1) is 0 Å². The molecule has 1 amide bonds. The van der Waals surface area contributed by atoms with Gasteiger partial charge in [-0.1, -0.05) is 24.1 Å². The molecule has 98 valence electrons. The molecule has 2 unspecified atom stereocenters. The van der Waals surface area contributed by atoms with E-state index in [1.807, 2.05) is 11.8 Å². The molecule has 0 aliphatic heterocycles. The molecule has 1 aliphatic carbocycles. The lowest BCUT2D eigenvalue weighted by molar-refractivity contribution is 0.0923. The first-order chi connectivity index (χ1) is 8.69. The molecule has 18 heavy (non-hydrogen) atoms. The molecule has 0 saturated heterocycles. The average Bonchev–Trinajstić information content (AvgIpc) is 2.39. The van der Waals surface area contributed by atoms with Crippen molar-refractivity contribution in [3.63, 3.8) is 0 Å². The Hall–Kier alpha value is -0.740. The third kappa shape index (κ3) is 3.62. The van der Waals surface area contributed by atoms with Crippen molar-refractivity contribution in [2.45, 2.75) is 37.0 Å². The van der Waals surface area contributed by atoms with Crippen LogP contribution in [-0.4, -0.2) is 28.4 Å². The summed E-state index contributed by atoms with van der Waals surface area (Å²) in [6.45, 7) is 0. The lowest BCUT2D eigenvalue weighted by Gasteiger charge is -2.28. The highest BCUT2D eigenvalue weighted by molar-refractivity contribution is 7.99. The molecular formula is C13H17ClN2OS. The molecular weight excluding hydrogens is 268 g/mol. The fraction of sp³-hybridized carbons (Fsp3) is 0.538. The van der Waals surface area contributed by atoms with E-state index < -0.39 is 0 Å². The molecule has 2 rings (SSSR count). The molecule has 2 atom stereocenters. The van der Waals surface area contributed by atoms with E-state index in [1.54, 1.807) is 18.2 Å². The third-order valence-corrected chi connectivity index (χ3v) is 4.55. The van der Waals surface area contributed by atoms with Gasteiger partial charge in [-0.2, -0.15) is 11.8 Å². The first-order valence-corrected chi connectivity index (χ1v) is 7.82. The number of hydrogen-bond acceptors (Lipinski definition) is 3. The normalized spacial score (nSPS) is 23.7. The zero-order valence-corrected chi connectivity index (χ0v) is 11.9. The maximum absolute atomic E-state index is 12.0. The van der Waals surface area contributed by atoms with Crippen molar-refractivity contribution < 1.29 is 4.79 Å². The summed E-state index contributed by atoms with van der Waals surface area (Å²) in [5, 5.41) is 4.07. The Labute approximate surface area is 117 Å². The summed E-state index contributed by atoms with van der Waals surface area (Å²) in [5.74, 6) is -0.121. The lowest BCUT2D eigenvalue weighted by atomic mass is 9.95. The first kappa shape index (κ1) is 13.7. The summed E-state index contributed by atoms with van der Waals surface area (Å²) in [6, 6.07) is 5.37. The highest BCUT2D eigenvalue weighted by atomic mass is 35.5. The topological polar surface area (TPSA) is 42.0 Å². The number of aromatic nitrogens is 1. The SMILES string of the molecule is CSC1CCCC(NC(=O)c2cccc(Cl)n2)C1. The second-order valence-corrected chi connectivity index (χ2v) is 6.07. The van der Waals surface area contributed by atoms with Gasteiger partial charge in [0.05, 0.1) is 0 Å². The highest BCUT2D eigenvalue weighted by Crippen LogP contribution is 2.27. The average molecular weight is 285 g/mol. The Morgan fingerprint density at radius 2 is 2.33 bits per heavy atom. The molecule has 0 bridgehead atoms. The fourth-order valence-electron chi connectivity index (χ4n) is 2.28. The summed E-state index contributed by atoms with van der Waals surface area (Å²) in [4.78, 5) is 16.0. The number of rotatable bonds is 3. The van der Waals surface area contributed by atoms with Crippen LogP contribution in [0.3, 0.4) is 0 Å². The summed E-state index contributed by atoms with van der Waals surface area (Å²) >= 11 is 7.67. The molecule has 1 fully saturated rings. The molecule has 1 aromatic heterocycles. The van der Waals surface area contributed by atoms with Crippen LogP contribution in [0.1, 0.15) is 36.2 Å². The monoisotopic (exact) mass is 284 g/mol. The first-order valence-electron chi connectivity index (χ1n) is 6.15. The standard InChI is InChI=1S/C13H17ClN2OS/c1-18-10-5-2-4-9(8-10)15-13(17)11-6-3-7-12(14)16-11/h3,6-7,9-10H,2,4-5,8H2,1H3,(H,15,17). The number of carbonyl (C=O) groups excluding carboxylic acids is 1. The quantitative estimate of drug-likeness (QED) is 0.867. The van der Waals surface area contributed by atoms with Gasteiger partial charge in [0.25, 0.3) is 5.91 Å². The van der Waals surface area contributed by atoms with Gasteiger partial charge in [0.15, 0.2) is 0 Å². The molecule has 3 nitrogen and oxygen atoms in total. The summed E-state index contributed by atoms with van der Waals surface area (Å²) in [6.07, 6.45) is 6.67. The van der Waals surface area contributed by atoms with E-state index in [2.05, 4.69) is 16.6 Å². The molecule has 1 aliphatic rings. The van der Waals surface area contributed by atoms with E-state index >= 15 is 0 Å². The van der Waals surface area contributed by atoms with Gasteiger partial charge in [-0.05, 0) is 37.7 Å². The Morgan fingerprint density at radius 3 is 3.06 bits per heavy atom. The van der Waals surface area contributed by atoms with Crippen molar-refractivity contribution in [2.24, 2.45) is 0 Å². The van der Waals surface area contributed by atoms with Crippen LogP contribution < -0.4 is 5.32 Å². The van der Waals surface area contributed by atoms with Gasteiger partial charge in [0, 0.05) is 11.3 Å². The van der Waals surface area contributed by atoms with Crippen molar-refractivity contribution >= 4 is 29.3 Å². The minimum absolute atomic E-state index is 0.121. The Morgan fingerprint density at radius 1 is 1.50 bits per heavy atom. The number of hydrogen-bond donors (Lipinski definition) is 1. The van der Waals surface area contributed by atoms with Crippen molar-refractivity contribution in [3.05, 3.63) is 29.0 Å². The van der Waals surface area contributed by atoms with Gasteiger partial charge < -0.3 is 5.32 Å². The minimum atomic E-state index is -0.121. The van der Waals surface area contributed by atoms with Crippen LogP contribution in [0.2, 0.25) is 5.15 Å². The van der Waals surface area contributed by atoms with Gasteiger partial charge in [-0.25, -0.2) is 4.98 Å². The number of nitrogens with one attached hydrogen (secondary N) is 1. The van der Waals surface area contributed by atoms with Crippen LogP contribution >= 0.6 is 23.4 Å². The number of carbonyl (C=O) groups is 1. The molecule has 1 N–H and O–H groups in total. The zero-order chi connectivity index (χ0) is 13.0. The summed E-state index contributed by atoms with van der Waals surface area (Å²) < 4.78 is 0. The van der Waals surface area contributed by atoms with E-state index in [4.69, 9.17) is 11.6 Å². The molecule has 0 radical (unpaired) electrons. The molecule has 0 spiro atoms. The summed E-state index contributed by atoms with van der Waals surface area (Å²) in [7, 11) is 0. The number of thioether (sulfide) groups is 1. The van der Waals surface area contributed by atoms with E-state index in [9.17, 15) is 4.79 Å². The molecule has 1 heterocycles. The predicted molar refractivity (Wildman–Crippen MR) is 76.3 cm³/mol. The molecule has 1 aromatic rings. The van der Waals surface area contributed by atoms with E-state index in [1.165, 1.54) is 12.8 Å². The van der Waals surface area contributed by atoms with E-state index in [0.29, 0.717) is 16.1 Å². The van der Waals surface area contributed by atoms with Crippen molar-refractivity contribution in [1.29, 1.82) is 0 Å². The highest BCUT2D eigenvalue weighted by Gasteiger charge is 2.23. The van der Waals surface area contributed by atoms with Crippen LogP contribution in [-0.2, 0) is 0 Å². The van der Waals surface area contributed by atoms with Crippen molar-refractivity contribution in [1.82, 2.24) is 10.3 Å². The largest absolute Gasteiger partial charge is 0.348 e. The number of pyridine rings is 1. The van der Waals surface area contributed by atoms with E-state index in [0.717, 1.165) is 12.8 Å². The minimum Gasteiger partial charge on any atom is -0.348 e. The third-order valence-electron chi connectivity index (χ3n) is 3.24. The van der Waals surface area contributed by atoms with E-state index in [-0.39, 0.29) is 11.9 Å². The number of amides is 1. The predicted octanol–water partition coefficient (Wildman–Crippen LogP) is 3.14. The van der Waals surface area contributed by atoms with Gasteiger partial charge >= 0.3 is 0 Å². The van der Waals surface area contributed by atoms with Crippen LogP contribution in [0, 0.1) is 0 Å². The van der Waals surface area contributed by atoms with Gasteiger partial charge in [-0.3, -0.25) is 4.79 Å². The fourth-order valence-corrected chi connectivity index (χ4v) is 3.28. The molecule has 5 heteroatoms. The van der Waals surface area contributed by atoms with Crippen LogP contribution in [0.5, 0.6) is 0 Å². The summed E-state index contributed by atoms with van der Waals surface area (Å²) in [5.41, 5.74) is 0.397. The van der Waals surface area contributed by atoms with Gasteiger partial charge in [0.2, 0.25) is 0 Å². The van der Waals surface area contributed by atoms with Gasteiger partial charge in [0.1, 0.15) is 10.8 Å². The molecule has 0 aromatic carbocycles. The Balaban J connectivity index is 1.95.